The topological polar surface area (TPSA) is 111 Å². The van der Waals surface area contributed by atoms with Gasteiger partial charge in [0.2, 0.25) is 5.43 Å². The third kappa shape index (κ3) is 3.07. The highest BCUT2D eigenvalue weighted by Crippen LogP contribution is 2.22. The van der Waals surface area contributed by atoms with E-state index in [9.17, 15) is 19.8 Å². The van der Waals surface area contributed by atoms with Gasteiger partial charge < -0.3 is 20.3 Å². The summed E-state index contributed by atoms with van der Waals surface area (Å²) < 4.78 is 0. The summed E-state index contributed by atoms with van der Waals surface area (Å²) in [5, 5.41) is 28.8. The van der Waals surface area contributed by atoms with Crippen LogP contribution in [0.15, 0.2) is 29.2 Å². The van der Waals surface area contributed by atoms with E-state index in [1.807, 2.05) is 0 Å². The molecule has 2 atom stereocenters. The number of aliphatic hydroxyl groups is 2. The third-order valence-electron chi connectivity index (χ3n) is 3.25. The van der Waals surface area contributed by atoms with Crippen LogP contribution in [0.3, 0.4) is 0 Å². The fourth-order valence-corrected chi connectivity index (χ4v) is 2.29. The molecule has 0 fully saturated rings. The molecule has 0 bridgehead atoms. The molecule has 2 aromatic rings. The molecule has 0 saturated carbocycles. The standard InChI is InChI=1S/C14H14ClNO5/c15-4-3-11(17)12(18)7-1-2-10-8(5-7)13(19)9(6-16-10)14(20)21/h1-2,5-6,11-12,17-18H,3-4H2,(H,16,19)(H,20,21). The summed E-state index contributed by atoms with van der Waals surface area (Å²) in [4.78, 5) is 25.7. The van der Waals surface area contributed by atoms with E-state index in [0.717, 1.165) is 6.20 Å². The van der Waals surface area contributed by atoms with Crippen LogP contribution in [-0.2, 0) is 0 Å². The number of aromatic nitrogens is 1. The minimum Gasteiger partial charge on any atom is -0.477 e. The molecule has 7 heteroatoms. The van der Waals surface area contributed by atoms with Crippen molar-refractivity contribution in [1.29, 1.82) is 0 Å². The van der Waals surface area contributed by atoms with Gasteiger partial charge in [-0.25, -0.2) is 4.79 Å². The van der Waals surface area contributed by atoms with Crippen molar-refractivity contribution in [2.24, 2.45) is 0 Å². The van der Waals surface area contributed by atoms with Gasteiger partial charge in [-0.3, -0.25) is 4.79 Å². The number of fused-ring (bicyclic) bond motifs is 1. The van der Waals surface area contributed by atoms with Crippen LogP contribution in [0.4, 0.5) is 0 Å². The van der Waals surface area contributed by atoms with Crippen molar-refractivity contribution in [1.82, 2.24) is 4.98 Å². The normalized spacial score (nSPS) is 14.0. The average molecular weight is 312 g/mol. The number of rotatable bonds is 5. The van der Waals surface area contributed by atoms with Crippen molar-refractivity contribution >= 4 is 28.5 Å². The first kappa shape index (κ1) is 15.5. The number of aromatic amines is 1. The number of halogens is 1. The van der Waals surface area contributed by atoms with E-state index in [0.29, 0.717) is 11.1 Å². The van der Waals surface area contributed by atoms with E-state index in [-0.39, 0.29) is 23.3 Å². The van der Waals surface area contributed by atoms with E-state index in [2.05, 4.69) is 4.98 Å². The Morgan fingerprint density at radius 2 is 2.05 bits per heavy atom. The zero-order valence-corrected chi connectivity index (χ0v) is 11.7. The summed E-state index contributed by atoms with van der Waals surface area (Å²) in [6.45, 7) is 0. The second kappa shape index (κ2) is 6.26. The zero-order valence-electron chi connectivity index (χ0n) is 10.9. The highest BCUT2D eigenvalue weighted by Gasteiger charge is 2.19. The second-order valence-corrected chi connectivity index (χ2v) is 5.01. The van der Waals surface area contributed by atoms with Gasteiger partial charge in [0.15, 0.2) is 0 Å². The van der Waals surface area contributed by atoms with Crippen molar-refractivity contribution in [3.63, 3.8) is 0 Å². The monoisotopic (exact) mass is 311 g/mol. The number of hydrogen-bond donors (Lipinski definition) is 4. The Morgan fingerprint density at radius 3 is 2.67 bits per heavy atom. The number of H-pyrrole nitrogens is 1. The molecule has 4 N–H and O–H groups in total. The summed E-state index contributed by atoms with van der Waals surface area (Å²) in [7, 11) is 0. The van der Waals surface area contributed by atoms with E-state index >= 15 is 0 Å². The molecular formula is C14H14ClNO5. The number of carbonyl (C=O) groups is 1. The lowest BCUT2D eigenvalue weighted by atomic mass is 10.00. The lowest BCUT2D eigenvalue weighted by Gasteiger charge is -2.17. The fraction of sp³-hybridized carbons (Fsp3) is 0.286. The first-order valence-electron chi connectivity index (χ1n) is 6.26. The molecule has 112 valence electrons. The maximum Gasteiger partial charge on any atom is 0.341 e. The molecule has 0 aliphatic rings. The van der Waals surface area contributed by atoms with Crippen LogP contribution in [0.2, 0.25) is 0 Å². The van der Waals surface area contributed by atoms with Crippen LogP contribution < -0.4 is 5.43 Å². The highest BCUT2D eigenvalue weighted by atomic mass is 35.5. The molecule has 21 heavy (non-hydrogen) atoms. The van der Waals surface area contributed by atoms with E-state index < -0.39 is 23.6 Å². The van der Waals surface area contributed by atoms with Crippen LogP contribution >= 0.6 is 11.6 Å². The molecule has 2 rings (SSSR count). The summed E-state index contributed by atoms with van der Waals surface area (Å²) in [6.07, 6.45) is -0.916. The summed E-state index contributed by atoms with van der Waals surface area (Å²) in [5.41, 5.74) is -0.242. The molecule has 1 heterocycles. The molecule has 0 spiro atoms. The Labute approximate surface area is 124 Å². The van der Waals surface area contributed by atoms with Gasteiger partial charge in [-0.2, -0.15) is 0 Å². The smallest absolute Gasteiger partial charge is 0.341 e. The van der Waals surface area contributed by atoms with Crippen LogP contribution in [0.5, 0.6) is 0 Å². The van der Waals surface area contributed by atoms with Crippen molar-refractivity contribution < 1.29 is 20.1 Å². The van der Waals surface area contributed by atoms with E-state index in [4.69, 9.17) is 16.7 Å². The molecule has 0 aliphatic carbocycles. The Hall–Kier alpha value is -1.89. The molecule has 1 aromatic carbocycles. The van der Waals surface area contributed by atoms with Gasteiger partial charge >= 0.3 is 5.97 Å². The SMILES string of the molecule is O=C(O)c1c[nH]c2ccc(C(O)C(O)CCCl)cc2c1=O. The van der Waals surface area contributed by atoms with Crippen molar-refractivity contribution in [2.45, 2.75) is 18.6 Å². The summed E-state index contributed by atoms with van der Waals surface area (Å²) in [6, 6.07) is 4.48. The van der Waals surface area contributed by atoms with Gasteiger partial charge in [-0.1, -0.05) is 6.07 Å². The number of alkyl halides is 1. The van der Waals surface area contributed by atoms with Gasteiger partial charge in [0, 0.05) is 23.0 Å². The van der Waals surface area contributed by atoms with Gasteiger partial charge in [0.1, 0.15) is 11.7 Å². The average Bonchev–Trinajstić information content (AvgIpc) is 2.46. The molecule has 2 unspecified atom stereocenters. The molecule has 1 aromatic heterocycles. The first-order valence-corrected chi connectivity index (χ1v) is 6.80. The number of carboxylic acids is 1. The minimum absolute atomic E-state index is 0.143. The zero-order chi connectivity index (χ0) is 15.6. The minimum atomic E-state index is -1.33. The van der Waals surface area contributed by atoms with Crippen LogP contribution in [0, 0.1) is 0 Å². The van der Waals surface area contributed by atoms with Crippen LogP contribution in [0.25, 0.3) is 10.9 Å². The quantitative estimate of drug-likeness (QED) is 0.621. The van der Waals surface area contributed by atoms with Crippen molar-refractivity contribution in [2.75, 3.05) is 5.88 Å². The molecule has 6 nitrogen and oxygen atoms in total. The van der Waals surface area contributed by atoms with Crippen molar-refractivity contribution in [3.05, 3.63) is 45.7 Å². The van der Waals surface area contributed by atoms with Gasteiger partial charge in [0.25, 0.3) is 0 Å². The molecule has 0 aliphatic heterocycles. The van der Waals surface area contributed by atoms with Gasteiger partial charge in [-0.15, -0.1) is 11.6 Å². The van der Waals surface area contributed by atoms with E-state index in [1.165, 1.54) is 6.07 Å². The largest absolute Gasteiger partial charge is 0.477 e. The maximum absolute atomic E-state index is 12.1. The number of hydrogen-bond acceptors (Lipinski definition) is 4. The Balaban J connectivity index is 2.52. The second-order valence-electron chi connectivity index (χ2n) is 4.63. The number of benzene rings is 1. The highest BCUT2D eigenvalue weighted by molar-refractivity contribution is 6.17. The van der Waals surface area contributed by atoms with Crippen LogP contribution in [0.1, 0.15) is 28.4 Å². The number of aliphatic hydroxyl groups excluding tert-OH is 2. The van der Waals surface area contributed by atoms with Gasteiger partial charge in [0.05, 0.1) is 6.10 Å². The Bertz CT molecular complexity index is 727. The van der Waals surface area contributed by atoms with Crippen molar-refractivity contribution in [3.8, 4) is 0 Å². The number of pyridine rings is 1. The lowest BCUT2D eigenvalue weighted by Crippen LogP contribution is -2.20. The number of nitrogens with one attached hydrogen (secondary N) is 1. The molecule has 0 saturated heterocycles. The Kier molecular flexibility index (Phi) is 4.62. The fourth-order valence-electron chi connectivity index (χ4n) is 2.07. The maximum atomic E-state index is 12.1. The predicted octanol–water partition coefficient (Wildman–Crippen LogP) is 1.25. The van der Waals surface area contributed by atoms with Gasteiger partial charge in [-0.05, 0) is 24.1 Å². The molecular weight excluding hydrogens is 298 g/mol. The lowest BCUT2D eigenvalue weighted by molar-refractivity contribution is 0.0171. The summed E-state index contributed by atoms with van der Waals surface area (Å²) >= 11 is 5.51. The summed E-state index contributed by atoms with van der Waals surface area (Å²) in [5.74, 6) is -1.14. The molecule has 0 amide bonds. The molecule has 0 radical (unpaired) electrons. The predicted molar refractivity (Wildman–Crippen MR) is 77.8 cm³/mol. The Morgan fingerprint density at radius 1 is 1.33 bits per heavy atom. The number of carboxylic acid groups (broad SMARTS) is 1. The number of aromatic carboxylic acids is 1. The first-order chi connectivity index (χ1) is 9.95. The van der Waals surface area contributed by atoms with Crippen LogP contribution in [-0.4, -0.2) is 38.3 Å². The third-order valence-corrected chi connectivity index (χ3v) is 3.46. The van der Waals surface area contributed by atoms with E-state index in [1.54, 1.807) is 12.1 Å².